The van der Waals surface area contributed by atoms with E-state index in [-0.39, 0.29) is 0 Å². The van der Waals surface area contributed by atoms with E-state index in [0.29, 0.717) is 19.0 Å². The number of imidazole rings is 1. The number of nitrogens with one attached hydrogen (secondary N) is 1. The molecular weight excluding hydrogens is 344 g/mol. The maximum atomic E-state index is 5.73. The molecule has 0 aliphatic carbocycles. The van der Waals surface area contributed by atoms with Crippen LogP contribution in [0.4, 0.5) is 0 Å². The molecule has 0 saturated heterocycles. The summed E-state index contributed by atoms with van der Waals surface area (Å²) in [6, 6.07) is 3.83. The highest BCUT2D eigenvalue weighted by Gasteiger charge is 2.20. The minimum absolute atomic E-state index is 0.552. The third-order valence-corrected chi connectivity index (χ3v) is 4.93. The summed E-state index contributed by atoms with van der Waals surface area (Å²) >= 11 is 0. The van der Waals surface area contributed by atoms with E-state index in [1.54, 1.807) is 7.11 Å². The van der Waals surface area contributed by atoms with E-state index in [2.05, 4.69) is 26.7 Å². The van der Waals surface area contributed by atoms with Gasteiger partial charge in [0.15, 0.2) is 11.5 Å². The van der Waals surface area contributed by atoms with Crippen LogP contribution in [0.1, 0.15) is 23.4 Å². The zero-order valence-electron chi connectivity index (χ0n) is 15.9. The lowest BCUT2D eigenvalue weighted by Crippen LogP contribution is -2.15. The van der Waals surface area contributed by atoms with Crippen molar-refractivity contribution in [3.8, 4) is 28.6 Å². The molecule has 0 saturated carbocycles. The summed E-state index contributed by atoms with van der Waals surface area (Å²) in [5.74, 6) is 3.04. The van der Waals surface area contributed by atoms with Gasteiger partial charge in [0.1, 0.15) is 24.8 Å². The number of aromatic nitrogens is 4. The molecule has 1 aromatic carbocycles. The van der Waals surface area contributed by atoms with E-state index >= 15 is 0 Å². The molecular formula is C20H24N4O3. The molecule has 0 unspecified atom stereocenters. The monoisotopic (exact) mass is 368 g/mol. The van der Waals surface area contributed by atoms with Gasteiger partial charge >= 0.3 is 0 Å². The van der Waals surface area contributed by atoms with Gasteiger partial charge in [0.05, 0.1) is 18.4 Å². The highest BCUT2D eigenvalue weighted by atomic mass is 16.6. The van der Waals surface area contributed by atoms with Gasteiger partial charge < -0.3 is 18.8 Å². The molecule has 0 bridgehead atoms. The second kappa shape index (κ2) is 7.34. The molecule has 27 heavy (non-hydrogen) atoms. The van der Waals surface area contributed by atoms with Crippen LogP contribution >= 0.6 is 0 Å². The molecule has 7 heteroatoms. The minimum atomic E-state index is 0.552. The lowest BCUT2D eigenvalue weighted by atomic mass is 10.1. The number of nitrogens with zero attached hydrogens (tertiary/aromatic N) is 3. The lowest BCUT2D eigenvalue weighted by molar-refractivity contribution is 0.171. The Kier molecular flexibility index (Phi) is 4.75. The quantitative estimate of drug-likeness (QED) is 0.723. The molecule has 1 aliphatic rings. The van der Waals surface area contributed by atoms with Gasteiger partial charge in [-0.1, -0.05) is 0 Å². The summed E-state index contributed by atoms with van der Waals surface area (Å²) in [7, 11) is 1.66. The van der Waals surface area contributed by atoms with E-state index < -0.39 is 0 Å². The predicted octanol–water partition coefficient (Wildman–Crippen LogP) is 3.30. The fourth-order valence-corrected chi connectivity index (χ4v) is 3.52. The number of aromatic amines is 1. The molecule has 1 N–H and O–H groups in total. The summed E-state index contributed by atoms with van der Waals surface area (Å²) in [5.41, 5.74) is 4.43. The standard InChI is InChI=1S/C20H24N4O3/c1-13-15(14(2)23-22-13)5-4-7-24-8-6-21-20(24)16-11-18-19(12-17(16)25-3)27-10-9-26-18/h6,8,11-12H,4-5,7,9-10H2,1-3H3,(H,22,23). The van der Waals surface area contributed by atoms with Crippen molar-refractivity contribution in [3.05, 3.63) is 41.5 Å². The van der Waals surface area contributed by atoms with Crippen LogP contribution in [0, 0.1) is 13.8 Å². The van der Waals surface area contributed by atoms with Gasteiger partial charge in [0, 0.05) is 30.7 Å². The van der Waals surface area contributed by atoms with E-state index in [9.17, 15) is 0 Å². The molecule has 2 aromatic heterocycles. The molecule has 3 aromatic rings. The maximum absolute atomic E-state index is 5.73. The van der Waals surface area contributed by atoms with Crippen molar-refractivity contribution in [1.82, 2.24) is 19.7 Å². The van der Waals surface area contributed by atoms with Crippen LogP contribution in [0.3, 0.4) is 0 Å². The molecule has 0 spiro atoms. The largest absolute Gasteiger partial charge is 0.496 e. The fourth-order valence-electron chi connectivity index (χ4n) is 3.52. The number of fused-ring (bicyclic) bond motifs is 1. The Hall–Kier alpha value is -2.96. The molecule has 0 amide bonds. The lowest BCUT2D eigenvalue weighted by Gasteiger charge is -2.21. The van der Waals surface area contributed by atoms with Gasteiger partial charge in [-0.15, -0.1) is 0 Å². The Morgan fingerprint density at radius 2 is 1.96 bits per heavy atom. The summed E-state index contributed by atoms with van der Waals surface area (Å²) in [4.78, 5) is 4.56. The topological polar surface area (TPSA) is 74.2 Å². The second-order valence-electron chi connectivity index (χ2n) is 6.66. The minimum Gasteiger partial charge on any atom is -0.496 e. The van der Waals surface area contributed by atoms with Crippen molar-refractivity contribution < 1.29 is 14.2 Å². The average molecular weight is 368 g/mol. The van der Waals surface area contributed by atoms with Gasteiger partial charge in [-0.05, 0) is 38.3 Å². The Labute approximate surface area is 158 Å². The molecule has 4 rings (SSSR count). The summed E-state index contributed by atoms with van der Waals surface area (Å²) in [5, 5.41) is 7.32. The highest BCUT2D eigenvalue weighted by molar-refractivity contribution is 5.70. The van der Waals surface area contributed by atoms with Gasteiger partial charge in [-0.2, -0.15) is 5.10 Å². The Balaban J connectivity index is 1.56. The number of aryl methyl sites for hydroxylation is 3. The number of hydrogen-bond acceptors (Lipinski definition) is 5. The number of rotatable bonds is 6. The molecule has 0 atom stereocenters. The van der Waals surface area contributed by atoms with Gasteiger partial charge in [-0.3, -0.25) is 5.10 Å². The molecule has 3 heterocycles. The van der Waals surface area contributed by atoms with Crippen molar-refractivity contribution in [2.45, 2.75) is 33.2 Å². The number of ether oxygens (including phenoxy) is 3. The third-order valence-electron chi connectivity index (χ3n) is 4.93. The van der Waals surface area contributed by atoms with Gasteiger partial charge in [0.25, 0.3) is 0 Å². The molecule has 0 fully saturated rings. The Morgan fingerprint density at radius 1 is 1.19 bits per heavy atom. The van der Waals surface area contributed by atoms with Crippen molar-refractivity contribution >= 4 is 0 Å². The first-order chi connectivity index (χ1) is 13.2. The van der Waals surface area contributed by atoms with Crippen molar-refractivity contribution in [2.75, 3.05) is 20.3 Å². The van der Waals surface area contributed by atoms with Gasteiger partial charge in [0.2, 0.25) is 0 Å². The van der Waals surface area contributed by atoms with Crippen LogP contribution in [0.25, 0.3) is 11.4 Å². The SMILES string of the molecule is COc1cc2c(cc1-c1nccn1CCCc1c(C)n[nH]c1C)OCCO2. The van der Waals surface area contributed by atoms with Crippen LogP contribution < -0.4 is 14.2 Å². The van der Waals surface area contributed by atoms with Crippen LogP contribution in [-0.2, 0) is 13.0 Å². The van der Waals surface area contributed by atoms with Crippen molar-refractivity contribution in [1.29, 1.82) is 0 Å². The van der Waals surface area contributed by atoms with E-state index in [1.165, 1.54) is 5.56 Å². The Bertz CT molecular complexity index is 925. The molecule has 142 valence electrons. The number of benzene rings is 1. The van der Waals surface area contributed by atoms with E-state index in [4.69, 9.17) is 14.2 Å². The fraction of sp³-hybridized carbons (Fsp3) is 0.400. The number of hydrogen-bond donors (Lipinski definition) is 1. The average Bonchev–Trinajstić information content (AvgIpc) is 3.28. The van der Waals surface area contributed by atoms with Gasteiger partial charge in [-0.25, -0.2) is 4.98 Å². The first-order valence-corrected chi connectivity index (χ1v) is 9.17. The predicted molar refractivity (Wildman–Crippen MR) is 102 cm³/mol. The summed E-state index contributed by atoms with van der Waals surface area (Å²) < 4.78 is 19.1. The smallest absolute Gasteiger partial charge is 0.165 e. The van der Waals surface area contributed by atoms with E-state index in [1.807, 2.05) is 31.5 Å². The first kappa shape index (κ1) is 17.5. The zero-order valence-corrected chi connectivity index (χ0v) is 15.9. The molecule has 0 radical (unpaired) electrons. The zero-order chi connectivity index (χ0) is 18.8. The molecule has 7 nitrogen and oxygen atoms in total. The Morgan fingerprint density at radius 3 is 2.67 bits per heavy atom. The van der Waals surface area contributed by atoms with E-state index in [0.717, 1.165) is 53.7 Å². The molecule has 1 aliphatic heterocycles. The third kappa shape index (κ3) is 3.37. The summed E-state index contributed by atoms with van der Waals surface area (Å²) in [6.45, 7) is 6.07. The second-order valence-corrected chi connectivity index (χ2v) is 6.66. The summed E-state index contributed by atoms with van der Waals surface area (Å²) in [6.07, 6.45) is 5.79. The van der Waals surface area contributed by atoms with Crippen molar-refractivity contribution in [2.24, 2.45) is 0 Å². The first-order valence-electron chi connectivity index (χ1n) is 9.17. The normalized spacial score (nSPS) is 13.0. The number of methoxy groups -OCH3 is 1. The van der Waals surface area contributed by atoms with Crippen LogP contribution in [0.15, 0.2) is 24.5 Å². The van der Waals surface area contributed by atoms with Crippen LogP contribution in [0.2, 0.25) is 0 Å². The van der Waals surface area contributed by atoms with Crippen LogP contribution in [-0.4, -0.2) is 40.1 Å². The highest BCUT2D eigenvalue weighted by Crippen LogP contribution is 2.41. The van der Waals surface area contributed by atoms with Crippen LogP contribution in [0.5, 0.6) is 17.2 Å². The van der Waals surface area contributed by atoms with Crippen molar-refractivity contribution in [3.63, 3.8) is 0 Å². The maximum Gasteiger partial charge on any atom is 0.165 e. The number of H-pyrrole nitrogens is 1.